The van der Waals surface area contributed by atoms with Crippen molar-refractivity contribution in [1.82, 2.24) is 5.43 Å². The van der Waals surface area contributed by atoms with Crippen LogP contribution < -0.4 is 14.9 Å². The SMILES string of the molecule is COc1ccccc1CN/N=C/c1cccc(OCc2ccc(C#N)cc2)c1. The van der Waals surface area contributed by atoms with Gasteiger partial charge < -0.3 is 14.9 Å². The largest absolute Gasteiger partial charge is 0.496 e. The van der Waals surface area contributed by atoms with Gasteiger partial charge in [-0.3, -0.25) is 0 Å². The van der Waals surface area contributed by atoms with Crippen LogP contribution in [0.3, 0.4) is 0 Å². The molecule has 3 rings (SSSR count). The molecule has 0 bridgehead atoms. The Kier molecular flexibility index (Phi) is 6.64. The highest BCUT2D eigenvalue weighted by atomic mass is 16.5. The van der Waals surface area contributed by atoms with E-state index in [2.05, 4.69) is 16.6 Å². The van der Waals surface area contributed by atoms with E-state index >= 15 is 0 Å². The van der Waals surface area contributed by atoms with Gasteiger partial charge in [0, 0.05) is 5.56 Å². The first-order valence-corrected chi connectivity index (χ1v) is 8.88. The van der Waals surface area contributed by atoms with Gasteiger partial charge >= 0.3 is 0 Å². The van der Waals surface area contributed by atoms with E-state index in [1.807, 2.05) is 60.7 Å². The minimum Gasteiger partial charge on any atom is -0.496 e. The lowest BCUT2D eigenvalue weighted by atomic mass is 10.1. The molecule has 0 fully saturated rings. The lowest BCUT2D eigenvalue weighted by molar-refractivity contribution is 0.306. The molecule has 0 aliphatic heterocycles. The average molecular weight is 371 g/mol. The number of nitriles is 1. The third kappa shape index (κ3) is 5.36. The molecule has 0 unspecified atom stereocenters. The number of ether oxygens (including phenoxy) is 2. The molecule has 1 N–H and O–H groups in total. The molecule has 3 aromatic rings. The molecule has 5 heteroatoms. The summed E-state index contributed by atoms with van der Waals surface area (Å²) in [6, 6.07) is 25.0. The second-order valence-corrected chi connectivity index (χ2v) is 6.07. The van der Waals surface area contributed by atoms with Crippen molar-refractivity contribution >= 4 is 6.21 Å². The molecule has 3 aromatic carbocycles. The van der Waals surface area contributed by atoms with Crippen LogP contribution in [0.1, 0.15) is 22.3 Å². The fourth-order valence-electron chi connectivity index (χ4n) is 2.63. The normalized spacial score (nSPS) is 10.4. The maximum absolute atomic E-state index is 8.84. The Morgan fingerprint density at radius 1 is 1.04 bits per heavy atom. The molecule has 5 nitrogen and oxygen atoms in total. The average Bonchev–Trinajstić information content (AvgIpc) is 2.76. The number of hydrogen-bond acceptors (Lipinski definition) is 5. The van der Waals surface area contributed by atoms with Gasteiger partial charge in [0.2, 0.25) is 0 Å². The van der Waals surface area contributed by atoms with E-state index in [9.17, 15) is 0 Å². The van der Waals surface area contributed by atoms with Gasteiger partial charge in [-0.05, 0) is 41.5 Å². The van der Waals surface area contributed by atoms with Gasteiger partial charge in [0.15, 0.2) is 0 Å². The highest BCUT2D eigenvalue weighted by Gasteiger charge is 2.00. The van der Waals surface area contributed by atoms with Crippen LogP contribution >= 0.6 is 0 Å². The van der Waals surface area contributed by atoms with E-state index < -0.39 is 0 Å². The van der Waals surface area contributed by atoms with Crippen LogP contribution in [-0.4, -0.2) is 13.3 Å². The van der Waals surface area contributed by atoms with Crippen molar-refractivity contribution in [2.45, 2.75) is 13.2 Å². The van der Waals surface area contributed by atoms with Crippen molar-refractivity contribution in [3.8, 4) is 17.6 Å². The van der Waals surface area contributed by atoms with Gasteiger partial charge in [0.05, 0.1) is 31.5 Å². The van der Waals surface area contributed by atoms with Crippen LogP contribution in [-0.2, 0) is 13.2 Å². The van der Waals surface area contributed by atoms with Crippen molar-refractivity contribution in [2.24, 2.45) is 5.10 Å². The monoisotopic (exact) mass is 371 g/mol. The van der Waals surface area contributed by atoms with E-state index in [-0.39, 0.29) is 0 Å². The Morgan fingerprint density at radius 3 is 2.64 bits per heavy atom. The van der Waals surface area contributed by atoms with E-state index in [0.717, 1.165) is 28.2 Å². The number of methoxy groups -OCH3 is 1. The molecule has 0 aliphatic rings. The molecule has 0 aliphatic carbocycles. The summed E-state index contributed by atoms with van der Waals surface area (Å²) in [7, 11) is 1.66. The number of nitrogens with one attached hydrogen (secondary N) is 1. The molecule has 0 aromatic heterocycles. The van der Waals surface area contributed by atoms with Crippen LogP contribution in [0.25, 0.3) is 0 Å². The summed E-state index contributed by atoms with van der Waals surface area (Å²) in [4.78, 5) is 0. The minimum atomic E-state index is 0.443. The molecular formula is C23H21N3O2. The maximum atomic E-state index is 8.84. The molecule has 0 heterocycles. The topological polar surface area (TPSA) is 66.6 Å². The van der Waals surface area contributed by atoms with Crippen molar-refractivity contribution in [3.05, 3.63) is 95.1 Å². The van der Waals surface area contributed by atoms with Gasteiger partial charge in [-0.15, -0.1) is 0 Å². The highest BCUT2D eigenvalue weighted by molar-refractivity contribution is 5.79. The first kappa shape index (κ1) is 19.0. The molecule has 140 valence electrons. The summed E-state index contributed by atoms with van der Waals surface area (Å²) in [5.74, 6) is 1.60. The van der Waals surface area contributed by atoms with Crippen molar-refractivity contribution in [3.63, 3.8) is 0 Å². The van der Waals surface area contributed by atoms with Crippen LogP contribution in [0, 0.1) is 11.3 Å². The zero-order valence-corrected chi connectivity index (χ0v) is 15.6. The van der Waals surface area contributed by atoms with Gasteiger partial charge in [0.25, 0.3) is 0 Å². The Balaban J connectivity index is 1.53. The molecule has 0 radical (unpaired) electrons. The first-order valence-electron chi connectivity index (χ1n) is 8.88. The van der Waals surface area contributed by atoms with Gasteiger partial charge in [-0.25, -0.2) is 0 Å². The zero-order valence-electron chi connectivity index (χ0n) is 15.6. The number of nitrogens with zero attached hydrogens (tertiary/aromatic N) is 2. The Labute approximate surface area is 164 Å². The standard InChI is InChI=1S/C23H21N3O2/c1-27-23-8-3-2-6-21(23)16-26-25-15-20-5-4-7-22(13-20)28-17-19-11-9-18(14-24)10-12-19/h2-13,15,26H,16-17H2,1H3/b25-15+. The lowest BCUT2D eigenvalue weighted by Gasteiger charge is -2.08. The van der Waals surface area contributed by atoms with Gasteiger partial charge in [0.1, 0.15) is 18.1 Å². The van der Waals surface area contributed by atoms with E-state index in [1.54, 1.807) is 25.5 Å². The van der Waals surface area contributed by atoms with Crippen LogP contribution in [0.15, 0.2) is 77.9 Å². The number of hydrogen-bond donors (Lipinski definition) is 1. The van der Waals surface area contributed by atoms with E-state index in [1.165, 1.54) is 0 Å². The van der Waals surface area contributed by atoms with Gasteiger partial charge in [-0.1, -0.05) is 42.5 Å². The summed E-state index contributed by atoms with van der Waals surface area (Å²) in [5, 5.41) is 13.1. The fourth-order valence-corrected chi connectivity index (χ4v) is 2.63. The summed E-state index contributed by atoms with van der Waals surface area (Å²) in [5.41, 5.74) is 6.67. The van der Waals surface area contributed by atoms with E-state index in [4.69, 9.17) is 14.7 Å². The van der Waals surface area contributed by atoms with Crippen molar-refractivity contribution in [1.29, 1.82) is 5.26 Å². The molecule has 0 amide bonds. The summed E-state index contributed by atoms with van der Waals surface area (Å²) in [6.45, 7) is 1.02. The fraction of sp³-hybridized carbons (Fsp3) is 0.130. The molecule has 0 spiro atoms. The maximum Gasteiger partial charge on any atom is 0.123 e. The number of benzene rings is 3. The Hall–Kier alpha value is -3.78. The van der Waals surface area contributed by atoms with Crippen LogP contribution in [0.4, 0.5) is 0 Å². The van der Waals surface area contributed by atoms with Crippen LogP contribution in [0.5, 0.6) is 11.5 Å². The smallest absolute Gasteiger partial charge is 0.123 e. The van der Waals surface area contributed by atoms with Gasteiger partial charge in [-0.2, -0.15) is 10.4 Å². The highest BCUT2D eigenvalue weighted by Crippen LogP contribution is 2.17. The number of hydrazone groups is 1. The Bertz CT molecular complexity index is 976. The molecule has 0 saturated carbocycles. The van der Waals surface area contributed by atoms with Crippen molar-refractivity contribution < 1.29 is 9.47 Å². The summed E-state index contributed by atoms with van der Waals surface area (Å²) in [6.07, 6.45) is 1.75. The minimum absolute atomic E-state index is 0.443. The summed E-state index contributed by atoms with van der Waals surface area (Å²) >= 11 is 0. The quantitative estimate of drug-likeness (QED) is 0.474. The van der Waals surface area contributed by atoms with Crippen LogP contribution in [0.2, 0.25) is 0 Å². The Morgan fingerprint density at radius 2 is 1.86 bits per heavy atom. The molecule has 0 atom stereocenters. The molecular weight excluding hydrogens is 350 g/mol. The first-order chi connectivity index (χ1) is 13.8. The predicted molar refractivity (Wildman–Crippen MR) is 109 cm³/mol. The summed E-state index contributed by atoms with van der Waals surface area (Å²) < 4.78 is 11.2. The third-order valence-electron chi connectivity index (χ3n) is 4.11. The molecule has 28 heavy (non-hydrogen) atoms. The lowest BCUT2D eigenvalue weighted by Crippen LogP contribution is -2.06. The number of rotatable bonds is 8. The predicted octanol–water partition coefficient (Wildman–Crippen LogP) is 4.27. The second kappa shape index (κ2) is 9.79. The zero-order chi connectivity index (χ0) is 19.6. The van der Waals surface area contributed by atoms with E-state index in [0.29, 0.717) is 18.7 Å². The molecule has 0 saturated heterocycles. The van der Waals surface area contributed by atoms with Crippen molar-refractivity contribution in [2.75, 3.05) is 7.11 Å². The number of para-hydroxylation sites is 1. The third-order valence-corrected chi connectivity index (χ3v) is 4.11. The second-order valence-electron chi connectivity index (χ2n) is 6.07.